The number of carbonyl (C=O) groups excluding carboxylic acids is 2. The molecule has 3 rings (SSSR count). The van der Waals surface area contributed by atoms with E-state index < -0.39 is 5.97 Å². The van der Waals surface area contributed by atoms with Gasteiger partial charge in [-0.15, -0.1) is 21.5 Å². The molecule has 0 bridgehead atoms. The average molecular weight is 475 g/mol. The van der Waals surface area contributed by atoms with Crippen LogP contribution < -0.4 is 10.1 Å². The third kappa shape index (κ3) is 5.68. The van der Waals surface area contributed by atoms with Gasteiger partial charge in [0.25, 0.3) is 0 Å². The van der Waals surface area contributed by atoms with Crippen molar-refractivity contribution in [3.8, 4) is 5.75 Å². The Labute approximate surface area is 195 Å². The van der Waals surface area contributed by atoms with Gasteiger partial charge in [0.2, 0.25) is 5.91 Å². The number of hydrogen-bond acceptors (Lipinski definition) is 8. The fourth-order valence-electron chi connectivity index (χ4n) is 2.84. The number of thioether (sulfide) groups is 1. The molecule has 0 aliphatic rings. The number of amides is 1. The van der Waals surface area contributed by atoms with Crippen LogP contribution in [-0.2, 0) is 23.2 Å². The van der Waals surface area contributed by atoms with Gasteiger partial charge in [-0.2, -0.15) is 0 Å². The summed E-state index contributed by atoms with van der Waals surface area (Å²) in [7, 11) is 1.83. The highest BCUT2D eigenvalue weighted by molar-refractivity contribution is 7.99. The van der Waals surface area contributed by atoms with Gasteiger partial charge < -0.3 is 19.4 Å². The molecule has 0 saturated heterocycles. The molecule has 2 heterocycles. The Morgan fingerprint density at radius 1 is 1.16 bits per heavy atom. The summed E-state index contributed by atoms with van der Waals surface area (Å²) in [5.74, 6) is 0.878. The molecule has 0 spiro atoms. The molecule has 0 fully saturated rings. The van der Waals surface area contributed by atoms with Crippen LogP contribution in [0.5, 0.6) is 5.75 Å². The summed E-state index contributed by atoms with van der Waals surface area (Å²) < 4.78 is 12.7. The number of anilines is 1. The molecule has 10 heteroatoms. The molecule has 170 valence electrons. The van der Waals surface area contributed by atoms with Crippen LogP contribution in [0.15, 0.2) is 29.4 Å². The van der Waals surface area contributed by atoms with Crippen LogP contribution >= 0.6 is 23.1 Å². The SMILES string of the molecule is CCOC(=O)c1c(NC(=O)CSc2nnc(COc3ccc(C)cc3)n2C)sc(C)c1C. The highest BCUT2D eigenvalue weighted by Crippen LogP contribution is 2.33. The van der Waals surface area contributed by atoms with Gasteiger partial charge in [0.15, 0.2) is 11.0 Å². The molecule has 8 nitrogen and oxygen atoms in total. The second-order valence-electron chi connectivity index (χ2n) is 7.10. The van der Waals surface area contributed by atoms with Crippen molar-refractivity contribution in [1.29, 1.82) is 0 Å². The lowest BCUT2D eigenvalue weighted by atomic mass is 10.1. The third-order valence-corrected chi connectivity index (χ3v) is 6.91. The van der Waals surface area contributed by atoms with Gasteiger partial charge >= 0.3 is 5.97 Å². The number of ether oxygens (including phenoxy) is 2. The van der Waals surface area contributed by atoms with Gasteiger partial charge in [0, 0.05) is 11.9 Å². The zero-order valence-electron chi connectivity index (χ0n) is 18.7. The number of rotatable bonds is 9. The summed E-state index contributed by atoms with van der Waals surface area (Å²) in [6.07, 6.45) is 0. The van der Waals surface area contributed by atoms with Crippen molar-refractivity contribution in [1.82, 2.24) is 14.8 Å². The Morgan fingerprint density at radius 3 is 2.56 bits per heavy atom. The molecule has 0 aliphatic heterocycles. The highest BCUT2D eigenvalue weighted by atomic mass is 32.2. The predicted molar refractivity (Wildman–Crippen MR) is 126 cm³/mol. The maximum atomic E-state index is 12.5. The Kier molecular flexibility index (Phi) is 7.92. The standard InChI is InChI=1S/C22H26N4O4S2/c1-6-29-21(28)19-14(3)15(4)32-20(19)23-18(27)12-31-22-25-24-17(26(22)5)11-30-16-9-7-13(2)8-10-16/h7-10H,6,11-12H2,1-5H3,(H,23,27). The summed E-state index contributed by atoms with van der Waals surface area (Å²) in [6, 6.07) is 7.78. The van der Waals surface area contributed by atoms with Crippen LogP contribution in [0, 0.1) is 20.8 Å². The Bertz CT molecular complexity index is 1110. The zero-order chi connectivity index (χ0) is 23.3. The second-order valence-corrected chi connectivity index (χ2v) is 9.27. The monoisotopic (exact) mass is 474 g/mol. The molecule has 0 saturated carbocycles. The van der Waals surface area contributed by atoms with Crippen LogP contribution in [0.25, 0.3) is 0 Å². The molecule has 32 heavy (non-hydrogen) atoms. The first-order chi connectivity index (χ1) is 15.3. The number of hydrogen-bond donors (Lipinski definition) is 1. The topological polar surface area (TPSA) is 95.3 Å². The minimum atomic E-state index is -0.427. The molecule has 1 N–H and O–H groups in total. The van der Waals surface area contributed by atoms with E-state index in [1.807, 2.05) is 52.1 Å². The molecule has 0 unspecified atom stereocenters. The first-order valence-electron chi connectivity index (χ1n) is 10.1. The lowest BCUT2D eigenvalue weighted by Gasteiger charge is -2.08. The fourth-order valence-corrected chi connectivity index (χ4v) is 4.63. The van der Waals surface area contributed by atoms with Crippen molar-refractivity contribution in [2.24, 2.45) is 7.05 Å². The summed E-state index contributed by atoms with van der Waals surface area (Å²) in [5.41, 5.74) is 2.40. The Balaban J connectivity index is 1.58. The first kappa shape index (κ1) is 23.8. The van der Waals surface area contributed by atoms with E-state index in [4.69, 9.17) is 9.47 Å². The lowest BCUT2D eigenvalue weighted by molar-refractivity contribution is -0.113. The number of carbonyl (C=O) groups is 2. The van der Waals surface area contributed by atoms with Gasteiger partial charge in [0.1, 0.15) is 17.4 Å². The zero-order valence-corrected chi connectivity index (χ0v) is 20.4. The average Bonchev–Trinajstić information content (AvgIpc) is 3.24. The summed E-state index contributed by atoms with van der Waals surface area (Å²) in [4.78, 5) is 25.8. The van der Waals surface area contributed by atoms with Crippen molar-refractivity contribution in [2.45, 2.75) is 39.5 Å². The number of aryl methyl sites for hydroxylation is 2. The van der Waals surface area contributed by atoms with Crippen LogP contribution in [0.1, 0.15) is 39.1 Å². The normalized spacial score (nSPS) is 10.8. The fraction of sp³-hybridized carbons (Fsp3) is 0.364. The maximum Gasteiger partial charge on any atom is 0.341 e. The maximum absolute atomic E-state index is 12.5. The van der Waals surface area contributed by atoms with E-state index in [0.29, 0.717) is 21.5 Å². The minimum Gasteiger partial charge on any atom is -0.486 e. The number of benzene rings is 1. The number of esters is 1. The van der Waals surface area contributed by atoms with Crippen LogP contribution in [0.4, 0.5) is 5.00 Å². The van der Waals surface area contributed by atoms with E-state index in [2.05, 4.69) is 15.5 Å². The lowest BCUT2D eigenvalue weighted by Crippen LogP contribution is -2.16. The molecule has 2 aromatic heterocycles. The highest BCUT2D eigenvalue weighted by Gasteiger charge is 2.22. The number of aromatic nitrogens is 3. The molecule has 3 aromatic rings. The summed E-state index contributed by atoms with van der Waals surface area (Å²) >= 11 is 2.63. The van der Waals surface area contributed by atoms with Crippen LogP contribution in [0.2, 0.25) is 0 Å². The van der Waals surface area contributed by atoms with Gasteiger partial charge in [-0.05, 0) is 45.4 Å². The first-order valence-corrected chi connectivity index (χ1v) is 11.9. The van der Waals surface area contributed by atoms with Crippen molar-refractivity contribution in [3.63, 3.8) is 0 Å². The molecular formula is C22H26N4O4S2. The molecular weight excluding hydrogens is 448 g/mol. The Hall–Kier alpha value is -2.85. The van der Waals surface area contributed by atoms with Gasteiger partial charge in [0.05, 0.1) is 17.9 Å². The minimum absolute atomic E-state index is 0.128. The second kappa shape index (κ2) is 10.6. The van der Waals surface area contributed by atoms with Crippen molar-refractivity contribution in [2.75, 3.05) is 17.7 Å². The quantitative estimate of drug-likeness (QED) is 0.365. The third-order valence-electron chi connectivity index (χ3n) is 4.76. The van der Waals surface area contributed by atoms with E-state index in [9.17, 15) is 9.59 Å². The van der Waals surface area contributed by atoms with E-state index in [1.54, 1.807) is 11.5 Å². The van der Waals surface area contributed by atoms with Gasteiger partial charge in [-0.3, -0.25) is 4.79 Å². The molecule has 0 radical (unpaired) electrons. The Morgan fingerprint density at radius 2 is 1.88 bits per heavy atom. The van der Waals surface area contributed by atoms with E-state index >= 15 is 0 Å². The van der Waals surface area contributed by atoms with Gasteiger partial charge in [-0.25, -0.2) is 4.79 Å². The van der Waals surface area contributed by atoms with E-state index in [-0.39, 0.29) is 24.9 Å². The molecule has 1 amide bonds. The van der Waals surface area contributed by atoms with Crippen molar-refractivity contribution in [3.05, 3.63) is 51.7 Å². The largest absolute Gasteiger partial charge is 0.486 e. The molecule has 1 aromatic carbocycles. The van der Waals surface area contributed by atoms with Gasteiger partial charge in [-0.1, -0.05) is 29.5 Å². The number of thiophene rings is 1. The smallest absolute Gasteiger partial charge is 0.341 e. The predicted octanol–water partition coefficient (Wildman–Crippen LogP) is 4.29. The van der Waals surface area contributed by atoms with Crippen LogP contribution in [0.3, 0.4) is 0 Å². The van der Waals surface area contributed by atoms with Crippen LogP contribution in [-0.4, -0.2) is 39.0 Å². The molecule has 0 atom stereocenters. The molecule has 0 aliphatic carbocycles. The summed E-state index contributed by atoms with van der Waals surface area (Å²) in [5, 5.41) is 12.3. The van der Waals surface area contributed by atoms with E-state index in [0.717, 1.165) is 21.8 Å². The van der Waals surface area contributed by atoms with E-state index in [1.165, 1.54) is 23.1 Å². The summed E-state index contributed by atoms with van der Waals surface area (Å²) in [6.45, 7) is 8.08. The van der Waals surface area contributed by atoms with Crippen molar-refractivity contribution < 1.29 is 19.1 Å². The number of nitrogens with zero attached hydrogens (tertiary/aromatic N) is 3. The number of nitrogens with one attached hydrogen (secondary N) is 1. The van der Waals surface area contributed by atoms with Crippen molar-refractivity contribution >= 4 is 40.0 Å².